The smallest absolute Gasteiger partial charge is 0.325 e. The van der Waals surface area contributed by atoms with Gasteiger partial charge in [0.1, 0.15) is 5.69 Å². The maximum atomic E-state index is 15.2. The number of nitrogens with zero attached hydrogens (tertiary/aromatic N) is 1. The van der Waals surface area contributed by atoms with Crippen LogP contribution in [0.2, 0.25) is 0 Å². The Morgan fingerprint density at radius 2 is 2.04 bits per heavy atom. The number of ether oxygens (including phenoxy) is 1. The number of anilines is 2. The highest BCUT2D eigenvalue weighted by molar-refractivity contribution is 5.79. The summed E-state index contributed by atoms with van der Waals surface area (Å²) in [5.41, 5.74) is 0.333. The van der Waals surface area contributed by atoms with Crippen LogP contribution in [0.25, 0.3) is 11.2 Å². The Morgan fingerprint density at radius 1 is 1.24 bits per heavy atom. The van der Waals surface area contributed by atoms with Crippen LogP contribution in [0.3, 0.4) is 0 Å². The Labute approximate surface area is 140 Å². The van der Waals surface area contributed by atoms with Gasteiger partial charge in [-0.05, 0) is 30.9 Å². The summed E-state index contributed by atoms with van der Waals surface area (Å²) in [5, 5.41) is 2.72. The second-order valence-corrected chi connectivity index (χ2v) is 5.92. The van der Waals surface area contributed by atoms with E-state index in [1.165, 1.54) is 12.3 Å². The van der Waals surface area contributed by atoms with E-state index >= 15 is 4.39 Å². The van der Waals surface area contributed by atoms with E-state index in [0.717, 1.165) is 0 Å². The second-order valence-electron chi connectivity index (χ2n) is 5.92. The van der Waals surface area contributed by atoms with E-state index in [9.17, 15) is 9.59 Å². The van der Waals surface area contributed by atoms with E-state index in [4.69, 9.17) is 4.74 Å². The van der Waals surface area contributed by atoms with Crippen LogP contribution in [0.5, 0.6) is 0 Å². The quantitative estimate of drug-likeness (QED) is 0.577. The Balaban J connectivity index is 1.87. The Hall–Kier alpha value is -2.94. The molecule has 0 spiro atoms. The lowest BCUT2D eigenvalue weighted by Crippen LogP contribution is -2.17. The maximum Gasteiger partial charge on any atom is 0.325 e. The number of hydrogen-bond donors (Lipinski definition) is 4. The number of pyridine rings is 2. The zero-order valence-corrected chi connectivity index (χ0v) is 13.2. The minimum Gasteiger partial charge on any atom is -0.381 e. The van der Waals surface area contributed by atoms with Crippen LogP contribution in [-0.4, -0.2) is 33.1 Å². The first kappa shape index (κ1) is 15.6. The van der Waals surface area contributed by atoms with Crippen molar-refractivity contribution in [3.05, 3.63) is 50.5 Å². The standard InChI is InChI=1S/C16H16FN5O3/c17-11-10(8-3-6-25-7-4-8)12-14(22-16(24)20-12)21-13(11)19-9-2-1-5-18-15(9)23/h1-2,5,8H,3-4,6-7H2,(H,18,23)(H3,19,20,21,22,24). The van der Waals surface area contributed by atoms with E-state index in [2.05, 4.69) is 25.3 Å². The van der Waals surface area contributed by atoms with E-state index in [1.54, 1.807) is 6.07 Å². The van der Waals surface area contributed by atoms with Gasteiger partial charge in [0.2, 0.25) is 0 Å². The molecular weight excluding hydrogens is 329 g/mol. The predicted octanol–water partition coefficient (Wildman–Crippen LogP) is 1.72. The largest absolute Gasteiger partial charge is 0.381 e. The lowest BCUT2D eigenvalue weighted by molar-refractivity contribution is 0.0849. The molecule has 4 rings (SSSR count). The number of hydrogen-bond acceptors (Lipinski definition) is 5. The highest BCUT2D eigenvalue weighted by Gasteiger charge is 2.26. The third-order valence-electron chi connectivity index (χ3n) is 4.35. The lowest BCUT2D eigenvalue weighted by atomic mass is 9.91. The minimum atomic E-state index is -0.571. The van der Waals surface area contributed by atoms with Gasteiger partial charge in [0.25, 0.3) is 5.56 Å². The summed E-state index contributed by atoms with van der Waals surface area (Å²) in [7, 11) is 0. The summed E-state index contributed by atoms with van der Waals surface area (Å²) in [5.74, 6) is -0.765. The van der Waals surface area contributed by atoms with Gasteiger partial charge in [0.05, 0.1) is 5.52 Å². The molecule has 0 aliphatic carbocycles. The van der Waals surface area contributed by atoms with Crippen molar-refractivity contribution in [1.82, 2.24) is 19.9 Å². The molecule has 1 fully saturated rings. The molecule has 8 nitrogen and oxygen atoms in total. The van der Waals surface area contributed by atoms with Gasteiger partial charge in [-0.15, -0.1) is 0 Å². The van der Waals surface area contributed by atoms with E-state index in [0.29, 0.717) is 37.1 Å². The van der Waals surface area contributed by atoms with Crippen LogP contribution < -0.4 is 16.6 Å². The molecule has 130 valence electrons. The van der Waals surface area contributed by atoms with Crippen molar-refractivity contribution in [3.8, 4) is 0 Å². The fourth-order valence-corrected chi connectivity index (χ4v) is 3.15. The third-order valence-corrected chi connectivity index (χ3v) is 4.35. The molecule has 0 unspecified atom stereocenters. The number of fused-ring (bicyclic) bond motifs is 1. The first-order valence-corrected chi connectivity index (χ1v) is 7.97. The number of aromatic amines is 3. The minimum absolute atomic E-state index is 0.0964. The topological polar surface area (TPSA) is 116 Å². The molecule has 1 aliphatic heterocycles. The molecule has 0 amide bonds. The van der Waals surface area contributed by atoms with Gasteiger partial charge in [0.15, 0.2) is 17.3 Å². The Bertz CT molecular complexity index is 1030. The van der Waals surface area contributed by atoms with Gasteiger partial charge in [-0.25, -0.2) is 14.2 Å². The summed E-state index contributed by atoms with van der Waals surface area (Å²) in [4.78, 5) is 35.3. The maximum absolute atomic E-state index is 15.2. The first-order chi connectivity index (χ1) is 12.1. The van der Waals surface area contributed by atoms with Gasteiger partial charge in [-0.3, -0.25) is 9.78 Å². The van der Waals surface area contributed by atoms with Crippen LogP contribution in [0.15, 0.2) is 27.9 Å². The molecule has 0 radical (unpaired) electrons. The number of halogens is 1. The van der Waals surface area contributed by atoms with Crippen molar-refractivity contribution in [2.75, 3.05) is 18.5 Å². The fourth-order valence-electron chi connectivity index (χ4n) is 3.15. The van der Waals surface area contributed by atoms with Gasteiger partial charge < -0.3 is 20.0 Å². The molecule has 3 aromatic heterocycles. The van der Waals surface area contributed by atoms with Crippen molar-refractivity contribution >= 4 is 22.7 Å². The average molecular weight is 345 g/mol. The molecule has 0 bridgehead atoms. The van der Waals surface area contributed by atoms with Crippen molar-refractivity contribution in [2.45, 2.75) is 18.8 Å². The molecule has 3 aromatic rings. The van der Waals surface area contributed by atoms with Crippen molar-refractivity contribution in [1.29, 1.82) is 0 Å². The third kappa shape index (κ3) is 2.82. The van der Waals surface area contributed by atoms with E-state index in [1.807, 2.05) is 0 Å². The molecule has 4 heterocycles. The molecular formula is C16H16FN5O3. The van der Waals surface area contributed by atoms with Gasteiger partial charge in [0, 0.05) is 25.0 Å². The number of imidazole rings is 1. The predicted molar refractivity (Wildman–Crippen MR) is 89.8 cm³/mol. The molecule has 1 saturated heterocycles. The molecule has 0 atom stereocenters. The van der Waals surface area contributed by atoms with Crippen molar-refractivity contribution in [3.63, 3.8) is 0 Å². The van der Waals surface area contributed by atoms with Gasteiger partial charge in [-0.1, -0.05) is 0 Å². The van der Waals surface area contributed by atoms with Crippen molar-refractivity contribution in [2.24, 2.45) is 0 Å². The lowest BCUT2D eigenvalue weighted by Gasteiger charge is -2.23. The molecule has 9 heteroatoms. The SMILES string of the molecule is O=c1[nH]c2nc(Nc3ccc[nH]c3=O)c(F)c(C3CCOCC3)c2[nH]1. The van der Waals surface area contributed by atoms with Crippen LogP contribution in [0.4, 0.5) is 15.9 Å². The Morgan fingerprint density at radius 3 is 2.80 bits per heavy atom. The molecule has 1 aliphatic rings. The average Bonchev–Trinajstić information content (AvgIpc) is 2.98. The van der Waals surface area contributed by atoms with Crippen LogP contribution in [0.1, 0.15) is 24.3 Å². The summed E-state index contributed by atoms with van der Waals surface area (Å²) in [6.07, 6.45) is 2.78. The summed E-state index contributed by atoms with van der Waals surface area (Å²) in [6.45, 7) is 1.06. The summed E-state index contributed by atoms with van der Waals surface area (Å²) in [6, 6.07) is 3.15. The van der Waals surface area contributed by atoms with Gasteiger partial charge >= 0.3 is 5.69 Å². The molecule has 25 heavy (non-hydrogen) atoms. The van der Waals surface area contributed by atoms with Crippen LogP contribution in [0, 0.1) is 5.82 Å². The molecule has 0 saturated carbocycles. The second kappa shape index (κ2) is 6.17. The van der Waals surface area contributed by atoms with Crippen LogP contribution in [-0.2, 0) is 4.74 Å². The fraction of sp³-hybridized carbons (Fsp3) is 0.312. The summed E-state index contributed by atoms with van der Waals surface area (Å²) < 4.78 is 20.5. The molecule has 0 aromatic carbocycles. The highest BCUT2D eigenvalue weighted by Crippen LogP contribution is 2.35. The van der Waals surface area contributed by atoms with Crippen LogP contribution >= 0.6 is 0 Å². The number of aromatic nitrogens is 4. The zero-order chi connectivity index (χ0) is 17.4. The van der Waals surface area contributed by atoms with Crippen molar-refractivity contribution < 1.29 is 9.13 Å². The molecule has 4 N–H and O–H groups in total. The first-order valence-electron chi connectivity index (χ1n) is 7.97. The number of H-pyrrole nitrogens is 3. The monoisotopic (exact) mass is 345 g/mol. The van der Waals surface area contributed by atoms with Gasteiger partial charge in [-0.2, -0.15) is 0 Å². The zero-order valence-electron chi connectivity index (χ0n) is 13.2. The number of nitrogens with one attached hydrogen (secondary N) is 4. The number of rotatable bonds is 3. The van der Waals surface area contributed by atoms with E-state index in [-0.39, 0.29) is 28.6 Å². The summed E-state index contributed by atoms with van der Waals surface area (Å²) >= 11 is 0. The van der Waals surface area contributed by atoms with E-state index < -0.39 is 11.5 Å². The normalized spacial score (nSPS) is 15.6. The Kier molecular flexibility index (Phi) is 3.85. The highest BCUT2D eigenvalue weighted by atomic mass is 19.1.